The fourth-order valence-corrected chi connectivity index (χ4v) is 3.31. The number of carbonyl (C=O) groups is 1. The predicted octanol–water partition coefficient (Wildman–Crippen LogP) is 5.48. The molecule has 0 aliphatic heterocycles. The molecule has 0 spiro atoms. The molecule has 0 aliphatic rings. The van der Waals surface area contributed by atoms with Crippen LogP contribution in [-0.2, 0) is 17.4 Å². The van der Waals surface area contributed by atoms with E-state index < -0.39 is 17.0 Å². The number of nitrogens with zero attached hydrogens (tertiary/aromatic N) is 1. The Morgan fingerprint density at radius 2 is 2.17 bits per heavy atom. The zero-order chi connectivity index (χ0) is 17.5. The molecule has 1 atom stereocenters. The second kappa shape index (κ2) is 6.22. The zero-order valence-electron chi connectivity index (χ0n) is 12.4. The topological polar surface area (TPSA) is 43.1 Å². The molecule has 2 heterocycles. The predicted molar refractivity (Wildman–Crippen MR) is 85.5 cm³/mol. The van der Waals surface area contributed by atoms with Crippen LogP contribution < -0.4 is 0 Å². The number of Topliss-reactive ketones (excluding diaryl/α,β-unsaturated/α-hetero) is 1. The van der Waals surface area contributed by atoms with Crippen molar-refractivity contribution < 1.29 is 22.4 Å². The lowest BCUT2D eigenvalue weighted by molar-refractivity contribution is -0.134. The van der Waals surface area contributed by atoms with E-state index in [9.17, 15) is 18.0 Å². The van der Waals surface area contributed by atoms with Gasteiger partial charge >= 0.3 is 6.18 Å². The van der Waals surface area contributed by atoms with Gasteiger partial charge in [0.15, 0.2) is 0 Å². The molecule has 126 valence electrons. The largest absolute Gasteiger partial charge is 0.464 e. The fourth-order valence-electron chi connectivity index (χ4n) is 2.36. The summed E-state index contributed by atoms with van der Waals surface area (Å²) >= 11 is 6.38. The molecular formula is C16H11ClF3NO2S. The maximum absolute atomic E-state index is 12.6. The number of carbonyl (C=O) groups excluding carboxylic acids is 1. The summed E-state index contributed by atoms with van der Waals surface area (Å²) in [6, 6.07) is 5.09. The van der Waals surface area contributed by atoms with Gasteiger partial charge < -0.3 is 4.42 Å². The summed E-state index contributed by atoms with van der Waals surface area (Å²) in [7, 11) is 0. The Balaban J connectivity index is 1.80. The summed E-state index contributed by atoms with van der Waals surface area (Å²) in [5, 5.41) is 1.43. The van der Waals surface area contributed by atoms with E-state index in [1.54, 1.807) is 25.1 Å². The number of alkyl halides is 3. The maximum atomic E-state index is 12.6. The van der Waals surface area contributed by atoms with Gasteiger partial charge in [-0.2, -0.15) is 13.2 Å². The molecule has 24 heavy (non-hydrogen) atoms. The molecule has 0 N–H and O–H groups in total. The molecule has 3 aromatic rings. The number of furan rings is 1. The van der Waals surface area contributed by atoms with E-state index in [0.29, 0.717) is 27.5 Å². The summed E-state index contributed by atoms with van der Waals surface area (Å²) < 4.78 is 43.2. The van der Waals surface area contributed by atoms with Gasteiger partial charge in [-0.3, -0.25) is 4.79 Å². The third-order valence-corrected chi connectivity index (χ3v) is 4.95. The average molecular weight is 374 g/mol. The smallest absolute Gasteiger partial charge is 0.427 e. The van der Waals surface area contributed by atoms with E-state index in [0.717, 1.165) is 11.6 Å². The number of rotatable bonds is 4. The highest BCUT2D eigenvalue weighted by Gasteiger charge is 2.33. The number of hydrogen-bond donors (Lipinski definition) is 0. The monoisotopic (exact) mass is 373 g/mol. The summed E-state index contributed by atoms with van der Waals surface area (Å²) in [5.41, 5.74) is 1.24. The number of aromatic nitrogens is 1. The molecule has 0 saturated heterocycles. The van der Waals surface area contributed by atoms with Crippen molar-refractivity contribution in [2.45, 2.75) is 25.4 Å². The number of halogens is 4. The minimum absolute atomic E-state index is 0.148. The van der Waals surface area contributed by atoms with Gasteiger partial charge in [0.2, 0.25) is 0 Å². The second-order valence-electron chi connectivity index (χ2n) is 5.31. The third kappa shape index (κ3) is 3.32. The van der Waals surface area contributed by atoms with Crippen molar-refractivity contribution >= 4 is 39.7 Å². The van der Waals surface area contributed by atoms with Crippen LogP contribution in [0.2, 0.25) is 5.02 Å². The van der Waals surface area contributed by atoms with E-state index in [4.69, 9.17) is 16.0 Å². The second-order valence-corrected chi connectivity index (χ2v) is 6.86. The van der Waals surface area contributed by atoms with Crippen molar-refractivity contribution in [2.24, 2.45) is 0 Å². The Morgan fingerprint density at radius 3 is 2.83 bits per heavy atom. The van der Waals surface area contributed by atoms with Crippen LogP contribution in [0, 0.1) is 0 Å². The standard InChI is InChI=1S/C16H11ClF3NO2S/c1-8(11-7-23-13-4-9(17)2-3-10(11)13)12(22)5-15-21-6-14(24-15)16(18,19)20/h2-4,6-8H,5H2,1H3. The fraction of sp³-hybridized carbons (Fsp3) is 0.250. The van der Waals surface area contributed by atoms with E-state index in [1.807, 2.05) is 0 Å². The molecule has 0 amide bonds. The van der Waals surface area contributed by atoms with Gasteiger partial charge in [0.05, 0.1) is 18.9 Å². The number of hydrogen-bond acceptors (Lipinski definition) is 4. The van der Waals surface area contributed by atoms with Gasteiger partial charge in [-0.15, -0.1) is 11.3 Å². The maximum Gasteiger partial charge on any atom is 0.427 e. The summed E-state index contributed by atoms with van der Waals surface area (Å²) in [6.45, 7) is 1.69. The van der Waals surface area contributed by atoms with E-state index in [2.05, 4.69) is 4.98 Å². The molecular weight excluding hydrogens is 363 g/mol. The summed E-state index contributed by atoms with van der Waals surface area (Å²) in [4.78, 5) is 15.3. The molecule has 0 bridgehead atoms. The zero-order valence-corrected chi connectivity index (χ0v) is 13.9. The first-order valence-electron chi connectivity index (χ1n) is 6.97. The normalized spacial score (nSPS) is 13.4. The van der Waals surface area contributed by atoms with E-state index in [-0.39, 0.29) is 17.2 Å². The number of benzene rings is 1. The lowest BCUT2D eigenvalue weighted by Crippen LogP contribution is -2.11. The van der Waals surface area contributed by atoms with Crippen LogP contribution >= 0.6 is 22.9 Å². The minimum atomic E-state index is -4.44. The highest BCUT2D eigenvalue weighted by molar-refractivity contribution is 7.11. The van der Waals surface area contributed by atoms with E-state index in [1.165, 1.54) is 6.26 Å². The number of fused-ring (bicyclic) bond motifs is 1. The van der Waals surface area contributed by atoms with Crippen molar-refractivity contribution in [1.82, 2.24) is 4.98 Å². The Bertz CT molecular complexity index is 900. The SMILES string of the molecule is CC(C(=O)Cc1ncc(C(F)(F)F)s1)c1coc2cc(Cl)ccc12. The first-order valence-corrected chi connectivity index (χ1v) is 8.16. The summed E-state index contributed by atoms with van der Waals surface area (Å²) in [6.07, 6.45) is -2.35. The average Bonchev–Trinajstić information content (AvgIpc) is 3.12. The first-order chi connectivity index (χ1) is 11.3. The molecule has 0 fully saturated rings. The molecule has 2 aromatic heterocycles. The minimum Gasteiger partial charge on any atom is -0.464 e. The molecule has 3 nitrogen and oxygen atoms in total. The van der Waals surface area contributed by atoms with Gasteiger partial charge in [0.1, 0.15) is 21.3 Å². The van der Waals surface area contributed by atoms with Crippen LogP contribution in [0.4, 0.5) is 13.2 Å². The van der Waals surface area contributed by atoms with Crippen LogP contribution in [0.5, 0.6) is 0 Å². The van der Waals surface area contributed by atoms with Crippen LogP contribution in [0.3, 0.4) is 0 Å². The first kappa shape index (κ1) is 17.0. The van der Waals surface area contributed by atoms with Gasteiger partial charge in [-0.05, 0) is 18.2 Å². The van der Waals surface area contributed by atoms with E-state index >= 15 is 0 Å². The van der Waals surface area contributed by atoms with Crippen LogP contribution in [0.25, 0.3) is 11.0 Å². The van der Waals surface area contributed by atoms with Crippen molar-refractivity contribution in [3.8, 4) is 0 Å². The van der Waals surface area contributed by atoms with Gasteiger partial charge in [-0.1, -0.05) is 18.5 Å². The Hall–Kier alpha value is -1.86. The third-order valence-electron chi connectivity index (χ3n) is 3.68. The van der Waals surface area contributed by atoms with Gasteiger partial charge in [0, 0.05) is 21.9 Å². The van der Waals surface area contributed by atoms with Gasteiger partial charge in [-0.25, -0.2) is 4.98 Å². The molecule has 8 heteroatoms. The highest BCUT2D eigenvalue weighted by atomic mass is 35.5. The number of ketones is 1. The van der Waals surface area contributed by atoms with Crippen molar-refractivity contribution in [2.75, 3.05) is 0 Å². The molecule has 3 rings (SSSR count). The molecule has 0 radical (unpaired) electrons. The van der Waals surface area contributed by atoms with Crippen molar-refractivity contribution in [3.63, 3.8) is 0 Å². The molecule has 0 saturated carbocycles. The van der Waals surface area contributed by atoms with Crippen LogP contribution in [0.1, 0.15) is 28.3 Å². The molecule has 0 aliphatic carbocycles. The van der Waals surface area contributed by atoms with Crippen molar-refractivity contribution in [3.05, 3.63) is 51.1 Å². The van der Waals surface area contributed by atoms with Gasteiger partial charge in [0.25, 0.3) is 0 Å². The summed E-state index contributed by atoms with van der Waals surface area (Å²) in [5.74, 6) is -0.749. The Labute approximate surface area is 144 Å². The lowest BCUT2D eigenvalue weighted by Gasteiger charge is -2.07. The van der Waals surface area contributed by atoms with Crippen molar-refractivity contribution in [1.29, 1.82) is 0 Å². The van der Waals surface area contributed by atoms with Crippen LogP contribution in [0.15, 0.2) is 35.1 Å². The van der Waals surface area contributed by atoms with Crippen LogP contribution in [-0.4, -0.2) is 10.8 Å². The molecule has 1 unspecified atom stereocenters. The Morgan fingerprint density at radius 1 is 1.42 bits per heavy atom. The lowest BCUT2D eigenvalue weighted by atomic mass is 9.95. The number of thiazole rings is 1. The Kier molecular flexibility index (Phi) is 4.40. The quantitative estimate of drug-likeness (QED) is 0.608. The highest BCUT2D eigenvalue weighted by Crippen LogP contribution is 2.34. The molecule has 1 aromatic carbocycles.